The Morgan fingerprint density at radius 3 is 1.59 bits per heavy atom. The number of rotatable bonds is 11. The van der Waals surface area contributed by atoms with Crippen molar-refractivity contribution in [3.05, 3.63) is 127 Å². The van der Waals surface area contributed by atoms with Crippen LogP contribution in [0.2, 0.25) is 0 Å². The van der Waals surface area contributed by atoms with Crippen molar-refractivity contribution >= 4 is 57.5 Å². The van der Waals surface area contributed by atoms with Crippen LogP contribution in [0.25, 0.3) is 46.1 Å². The minimum absolute atomic E-state index is 0.0728. The first kappa shape index (κ1) is 27.5. The Balaban J connectivity index is 1.56. The van der Waals surface area contributed by atoms with Crippen molar-refractivity contribution in [1.29, 1.82) is 0 Å². The molecule has 0 aliphatic heterocycles. The van der Waals surface area contributed by atoms with E-state index in [0.29, 0.717) is 11.1 Å². The standard InChI is InChI=1S/C34H31N3O4/c1-2-3-4-9-22-35-33-20-16-25(14-18-27-10-5-7-12-31(27)36(38)39)23-29(33)30-24-26(17-21-34(30)35)15-19-28-11-6-8-13-32(28)37(40)41/h5-8,10-21,23-24H,2-4,9,22H2,1H3/b18-14+,19-15+. The van der Waals surface area contributed by atoms with E-state index in [9.17, 15) is 20.2 Å². The maximum atomic E-state index is 11.4. The zero-order valence-corrected chi connectivity index (χ0v) is 22.9. The molecule has 1 aromatic heterocycles. The molecule has 0 radical (unpaired) electrons. The van der Waals surface area contributed by atoms with Crippen molar-refractivity contribution < 1.29 is 9.85 Å². The van der Waals surface area contributed by atoms with Crippen LogP contribution >= 0.6 is 0 Å². The van der Waals surface area contributed by atoms with Gasteiger partial charge in [0.1, 0.15) is 0 Å². The Kier molecular flexibility index (Phi) is 8.34. The summed E-state index contributed by atoms with van der Waals surface area (Å²) in [5.74, 6) is 0. The van der Waals surface area contributed by atoms with E-state index in [1.54, 1.807) is 48.6 Å². The van der Waals surface area contributed by atoms with Crippen molar-refractivity contribution in [2.75, 3.05) is 0 Å². The summed E-state index contributed by atoms with van der Waals surface area (Å²) in [6.07, 6.45) is 12.0. The predicted octanol–water partition coefficient (Wildman–Crippen LogP) is 9.53. The van der Waals surface area contributed by atoms with Crippen molar-refractivity contribution in [3.63, 3.8) is 0 Å². The smallest absolute Gasteiger partial charge is 0.276 e. The molecule has 0 aliphatic carbocycles. The first-order chi connectivity index (χ1) is 20.0. The molecule has 7 nitrogen and oxygen atoms in total. The number of aryl methyl sites for hydroxylation is 1. The van der Waals surface area contributed by atoms with Crippen LogP contribution in [0, 0.1) is 20.2 Å². The zero-order valence-electron chi connectivity index (χ0n) is 22.9. The van der Waals surface area contributed by atoms with E-state index in [1.165, 1.54) is 31.4 Å². The molecule has 0 saturated carbocycles. The molecule has 0 atom stereocenters. The van der Waals surface area contributed by atoms with Gasteiger partial charge in [-0.2, -0.15) is 0 Å². The molecule has 0 bridgehead atoms. The minimum Gasteiger partial charge on any atom is -0.340 e. The van der Waals surface area contributed by atoms with Crippen LogP contribution in [0.1, 0.15) is 54.9 Å². The van der Waals surface area contributed by atoms with Crippen molar-refractivity contribution in [2.24, 2.45) is 0 Å². The summed E-state index contributed by atoms with van der Waals surface area (Å²) in [4.78, 5) is 22.2. The number of para-hydroxylation sites is 2. The van der Waals surface area contributed by atoms with Crippen LogP contribution in [0.5, 0.6) is 0 Å². The van der Waals surface area contributed by atoms with Gasteiger partial charge in [0.15, 0.2) is 0 Å². The van der Waals surface area contributed by atoms with Gasteiger partial charge in [-0.25, -0.2) is 0 Å². The highest BCUT2D eigenvalue weighted by molar-refractivity contribution is 6.09. The lowest BCUT2D eigenvalue weighted by Gasteiger charge is -2.07. The molecule has 0 saturated heterocycles. The van der Waals surface area contributed by atoms with Crippen LogP contribution in [-0.2, 0) is 6.54 Å². The van der Waals surface area contributed by atoms with Gasteiger partial charge in [-0.1, -0.05) is 74.7 Å². The summed E-state index contributed by atoms with van der Waals surface area (Å²) < 4.78 is 2.37. The highest BCUT2D eigenvalue weighted by Gasteiger charge is 2.13. The maximum Gasteiger partial charge on any atom is 0.276 e. The van der Waals surface area contributed by atoms with E-state index in [0.717, 1.165) is 45.9 Å². The molecule has 0 spiro atoms. The van der Waals surface area contributed by atoms with Crippen molar-refractivity contribution in [3.8, 4) is 0 Å². The maximum absolute atomic E-state index is 11.4. The number of nitrogens with zero attached hydrogens (tertiary/aromatic N) is 3. The van der Waals surface area contributed by atoms with E-state index in [4.69, 9.17) is 0 Å². The fourth-order valence-corrected chi connectivity index (χ4v) is 5.25. The minimum atomic E-state index is -0.367. The largest absolute Gasteiger partial charge is 0.340 e. The van der Waals surface area contributed by atoms with Crippen LogP contribution in [-0.4, -0.2) is 14.4 Å². The zero-order chi connectivity index (χ0) is 28.8. The van der Waals surface area contributed by atoms with Gasteiger partial charge in [0, 0.05) is 40.5 Å². The van der Waals surface area contributed by atoms with Gasteiger partial charge in [0.25, 0.3) is 11.4 Å². The summed E-state index contributed by atoms with van der Waals surface area (Å²) in [7, 11) is 0. The highest BCUT2D eigenvalue weighted by atomic mass is 16.6. The second-order valence-corrected chi connectivity index (χ2v) is 10.1. The van der Waals surface area contributed by atoms with Crippen LogP contribution in [0.4, 0.5) is 11.4 Å². The molecular weight excluding hydrogens is 514 g/mol. The fraction of sp³-hybridized carbons (Fsp3) is 0.176. The quantitative estimate of drug-likeness (QED) is 0.0715. The Morgan fingerprint density at radius 2 is 1.12 bits per heavy atom. The molecule has 0 N–H and O–H groups in total. The normalized spacial score (nSPS) is 11.7. The molecule has 1 heterocycles. The van der Waals surface area contributed by atoms with Gasteiger partial charge in [0.05, 0.1) is 21.0 Å². The molecule has 7 heteroatoms. The van der Waals surface area contributed by atoms with E-state index in [1.807, 2.05) is 24.3 Å². The lowest BCUT2D eigenvalue weighted by molar-refractivity contribution is -0.385. The summed E-state index contributed by atoms with van der Waals surface area (Å²) in [6.45, 7) is 3.12. The summed E-state index contributed by atoms with van der Waals surface area (Å²) >= 11 is 0. The van der Waals surface area contributed by atoms with E-state index in [2.05, 4.69) is 35.8 Å². The lowest BCUT2D eigenvalue weighted by atomic mass is 10.0. The van der Waals surface area contributed by atoms with Gasteiger partial charge in [-0.05, 0) is 66.1 Å². The summed E-state index contributed by atoms with van der Waals surface area (Å²) in [6, 6.07) is 26.0. The van der Waals surface area contributed by atoms with Crippen molar-refractivity contribution in [1.82, 2.24) is 4.57 Å². The summed E-state index contributed by atoms with van der Waals surface area (Å²) in [5.41, 5.74) is 5.42. The Labute approximate surface area is 238 Å². The fourth-order valence-electron chi connectivity index (χ4n) is 5.25. The first-order valence-corrected chi connectivity index (χ1v) is 13.9. The van der Waals surface area contributed by atoms with Gasteiger partial charge in [-0.15, -0.1) is 0 Å². The SMILES string of the molecule is CCCCCCn1c2ccc(/C=C/c3ccccc3[N+](=O)[O-])cc2c2cc(/C=C/c3ccccc3[N+](=O)[O-])ccc21. The van der Waals surface area contributed by atoms with E-state index < -0.39 is 0 Å². The van der Waals surface area contributed by atoms with Crippen molar-refractivity contribution in [2.45, 2.75) is 39.2 Å². The molecule has 41 heavy (non-hydrogen) atoms. The predicted molar refractivity (Wildman–Crippen MR) is 168 cm³/mol. The molecule has 5 rings (SSSR count). The Hall–Kier alpha value is -5.04. The molecule has 206 valence electrons. The number of hydrogen-bond acceptors (Lipinski definition) is 4. The van der Waals surface area contributed by atoms with Gasteiger partial charge in [0.2, 0.25) is 0 Å². The Bertz CT molecular complexity index is 1670. The third-order valence-corrected chi connectivity index (χ3v) is 7.33. The second-order valence-electron chi connectivity index (χ2n) is 10.1. The van der Waals surface area contributed by atoms with Crippen LogP contribution in [0.15, 0.2) is 84.9 Å². The van der Waals surface area contributed by atoms with Gasteiger partial charge >= 0.3 is 0 Å². The molecule has 0 aliphatic rings. The number of aromatic nitrogens is 1. The first-order valence-electron chi connectivity index (χ1n) is 13.9. The molecule has 0 unspecified atom stereocenters. The number of nitro groups is 2. The van der Waals surface area contributed by atoms with E-state index in [-0.39, 0.29) is 21.2 Å². The molecular formula is C34H31N3O4. The van der Waals surface area contributed by atoms with Gasteiger partial charge < -0.3 is 4.57 Å². The van der Waals surface area contributed by atoms with Gasteiger partial charge in [-0.3, -0.25) is 20.2 Å². The topological polar surface area (TPSA) is 91.2 Å². The number of nitro benzene ring substituents is 2. The average molecular weight is 546 g/mol. The molecule has 5 aromatic rings. The van der Waals surface area contributed by atoms with E-state index >= 15 is 0 Å². The number of unbranched alkanes of at least 4 members (excludes halogenated alkanes) is 3. The Morgan fingerprint density at radius 1 is 0.634 bits per heavy atom. The lowest BCUT2D eigenvalue weighted by Crippen LogP contribution is -1.97. The number of hydrogen-bond donors (Lipinski definition) is 0. The molecule has 0 fully saturated rings. The highest BCUT2D eigenvalue weighted by Crippen LogP contribution is 2.33. The molecule has 4 aromatic carbocycles. The van der Waals surface area contributed by atoms with Crippen LogP contribution in [0.3, 0.4) is 0 Å². The molecule has 0 amide bonds. The number of fused-ring (bicyclic) bond motifs is 3. The second kappa shape index (κ2) is 12.4. The average Bonchev–Trinajstić information content (AvgIpc) is 3.29. The number of benzene rings is 4. The van der Waals surface area contributed by atoms with Crippen LogP contribution < -0.4 is 0 Å². The monoisotopic (exact) mass is 545 g/mol. The third kappa shape index (κ3) is 6.09. The third-order valence-electron chi connectivity index (χ3n) is 7.33. The summed E-state index contributed by atoms with van der Waals surface area (Å²) in [5, 5.41) is 25.1.